The first kappa shape index (κ1) is 30.9. The van der Waals surface area contributed by atoms with Crippen LogP contribution in [0.4, 0.5) is 0 Å². The number of hydrogen-bond donors (Lipinski definition) is 0. The summed E-state index contributed by atoms with van der Waals surface area (Å²) in [5, 5.41) is 0. The Kier molecular flexibility index (Phi) is 7.58. The minimum atomic E-state index is -1.30. The second-order valence-corrected chi connectivity index (χ2v) is 13.3. The molecule has 11 heteroatoms. The van der Waals surface area contributed by atoms with Crippen LogP contribution in [-0.4, -0.2) is 70.0 Å². The van der Waals surface area contributed by atoms with E-state index in [2.05, 4.69) is 16.9 Å². The van der Waals surface area contributed by atoms with Crippen LogP contribution in [0.5, 0.6) is 0 Å². The van der Waals surface area contributed by atoms with Gasteiger partial charge in [-0.1, -0.05) is 25.5 Å². The first-order valence-electron chi connectivity index (χ1n) is 15.3. The minimum Gasteiger partial charge on any atom is -0.463 e. The van der Waals surface area contributed by atoms with Gasteiger partial charge < -0.3 is 23.7 Å². The number of fused-ring (bicyclic) bond motifs is 3. The lowest BCUT2D eigenvalue weighted by molar-refractivity contribution is -0.347. The van der Waals surface area contributed by atoms with Crippen molar-refractivity contribution in [2.75, 3.05) is 6.61 Å². The highest BCUT2D eigenvalue weighted by atomic mass is 16.6. The number of cyclic esters (lactones) is 1. The maximum absolute atomic E-state index is 13.7. The van der Waals surface area contributed by atoms with Crippen LogP contribution >= 0.6 is 0 Å². The van der Waals surface area contributed by atoms with Crippen LogP contribution in [0.3, 0.4) is 0 Å². The van der Waals surface area contributed by atoms with E-state index in [4.69, 9.17) is 23.7 Å². The Balaban J connectivity index is 1.51. The van der Waals surface area contributed by atoms with E-state index >= 15 is 0 Å². The van der Waals surface area contributed by atoms with E-state index in [0.717, 1.165) is 5.57 Å². The molecular formula is C34H38N2O9. The molecule has 2 aromatic rings. The molecule has 0 radical (unpaired) electrons. The van der Waals surface area contributed by atoms with Crippen molar-refractivity contribution >= 4 is 23.9 Å². The molecule has 4 heterocycles. The van der Waals surface area contributed by atoms with Crippen molar-refractivity contribution in [3.8, 4) is 0 Å². The third-order valence-corrected chi connectivity index (χ3v) is 10.8. The number of nitrogens with zero attached hydrogens (tertiary/aromatic N) is 2. The summed E-state index contributed by atoms with van der Waals surface area (Å²) in [4.78, 5) is 60.5. The molecule has 0 bridgehead atoms. The van der Waals surface area contributed by atoms with Crippen molar-refractivity contribution in [3.63, 3.8) is 0 Å². The largest absolute Gasteiger partial charge is 0.463 e. The molecule has 2 aromatic heterocycles. The summed E-state index contributed by atoms with van der Waals surface area (Å²) in [5.41, 5.74) is -2.57. The first-order chi connectivity index (χ1) is 21.3. The van der Waals surface area contributed by atoms with Gasteiger partial charge in [-0.15, -0.1) is 0 Å². The normalized spacial score (nSPS) is 37.0. The lowest BCUT2D eigenvalue weighted by atomic mass is 9.41. The first-order valence-corrected chi connectivity index (χ1v) is 15.3. The van der Waals surface area contributed by atoms with Gasteiger partial charge in [0.05, 0.1) is 17.5 Å². The molecule has 0 unspecified atom stereocenters. The van der Waals surface area contributed by atoms with Gasteiger partial charge in [0.25, 0.3) is 0 Å². The Bertz CT molecular complexity index is 1550. The Morgan fingerprint density at radius 2 is 1.56 bits per heavy atom. The summed E-state index contributed by atoms with van der Waals surface area (Å²) in [7, 11) is 0. The number of aromatic nitrogens is 2. The summed E-state index contributed by atoms with van der Waals surface area (Å²) >= 11 is 0. The van der Waals surface area contributed by atoms with E-state index in [1.807, 2.05) is 26.8 Å². The van der Waals surface area contributed by atoms with Crippen LogP contribution in [0.2, 0.25) is 0 Å². The van der Waals surface area contributed by atoms with Gasteiger partial charge in [0.2, 0.25) is 0 Å². The molecule has 4 aliphatic rings. The third-order valence-electron chi connectivity index (χ3n) is 10.8. The molecule has 238 valence electrons. The molecule has 8 atom stereocenters. The third kappa shape index (κ3) is 4.92. The SMILES string of the molecule is CC(=O)O[C@H]1[C@H](OC(=O)c2cccnc2)[C@@]2(C)C(C)=CC[C@@H](OC(=O)c3cccnc3)[C@@H]2[C@@]2(C)CC[C@@]3(COC(=O)C3)O[C@@]12C. The Morgan fingerprint density at radius 3 is 2.11 bits per heavy atom. The lowest BCUT2D eigenvalue weighted by Crippen LogP contribution is -2.78. The summed E-state index contributed by atoms with van der Waals surface area (Å²) in [5.74, 6) is -2.58. The number of rotatable bonds is 5. The highest BCUT2D eigenvalue weighted by molar-refractivity contribution is 5.89. The highest BCUT2D eigenvalue weighted by Crippen LogP contribution is 2.68. The monoisotopic (exact) mass is 618 g/mol. The predicted octanol–water partition coefficient (Wildman–Crippen LogP) is 4.41. The van der Waals surface area contributed by atoms with E-state index in [-0.39, 0.29) is 24.6 Å². The molecule has 0 amide bonds. The van der Waals surface area contributed by atoms with Crippen LogP contribution in [0, 0.1) is 16.7 Å². The molecule has 0 aromatic carbocycles. The molecule has 2 aliphatic carbocycles. The van der Waals surface area contributed by atoms with Crippen molar-refractivity contribution in [3.05, 3.63) is 71.8 Å². The summed E-state index contributed by atoms with van der Waals surface area (Å²) in [6.45, 7) is 9.20. The van der Waals surface area contributed by atoms with E-state index in [1.165, 1.54) is 19.3 Å². The van der Waals surface area contributed by atoms with E-state index < -0.39 is 64.2 Å². The van der Waals surface area contributed by atoms with Crippen molar-refractivity contribution in [1.29, 1.82) is 0 Å². The standard InChI is InChI=1S/C34H38N2O9/c1-20-10-11-24(43-29(39)22-8-6-14-35-17-22)26-31(3)12-13-34(16-25(38)41-19-34)45-33(31,5)28(42-21(2)37)27(32(20,26)4)44-30(40)23-9-7-15-36-18-23/h6-10,14-15,17-18,24,26-28H,11-13,16,19H2,1-5H3/t24-,26-,27+,28+,31-,32+,33+,34-/m1/s1. The summed E-state index contributed by atoms with van der Waals surface area (Å²) in [6, 6.07) is 6.54. The topological polar surface area (TPSA) is 140 Å². The number of carbonyl (C=O) groups excluding carboxylic acids is 4. The van der Waals surface area contributed by atoms with Crippen LogP contribution in [0.25, 0.3) is 0 Å². The van der Waals surface area contributed by atoms with Crippen LogP contribution in [-0.2, 0) is 33.3 Å². The number of pyridine rings is 2. The van der Waals surface area contributed by atoms with Gasteiger partial charge in [0.1, 0.15) is 23.9 Å². The van der Waals surface area contributed by atoms with Gasteiger partial charge in [0, 0.05) is 54.9 Å². The smallest absolute Gasteiger partial charge is 0.340 e. The van der Waals surface area contributed by atoms with E-state index in [9.17, 15) is 19.2 Å². The fourth-order valence-electron chi connectivity index (χ4n) is 8.37. The van der Waals surface area contributed by atoms with Gasteiger partial charge in [-0.05, 0) is 51.0 Å². The second kappa shape index (κ2) is 11.0. The molecule has 2 saturated heterocycles. The highest BCUT2D eigenvalue weighted by Gasteiger charge is 2.76. The van der Waals surface area contributed by atoms with Gasteiger partial charge in [-0.3, -0.25) is 19.6 Å². The zero-order chi connectivity index (χ0) is 32.2. The van der Waals surface area contributed by atoms with Crippen LogP contribution in [0.15, 0.2) is 60.7 Å². The van der Waals surface area contributed by atoms with Gasteiger partial charge in [-0.25, -0.2) is 9.59 Å². The number of esters is 4. The number of hydrogen-bond acceptors (Lipinski definition) is 11. The number of carbonyl (C=O) groups is 4. The minimum absolute atomic E-state index is 0.0475. The average Bonchev–Trinajstić information content (AvgIpc) is 3.38. The molecule has 1 saturated carbocycles. The fourth-order valence-corrected chi connectivity index (χ4v) is 8.37. The van der Waals surface area contributed by atoms with E-state index in [1.54, 1.807) is 36.7 Å². The molecule has 3 fully saturated rings. The average molecular weight is 619 g/mol. The molecular weight excluding hydrogens is 580 g/mol. The maximum atomic E-state index is 13.7. The molecule has 1 spiro atoms. The maximum Gasteiger partial charge on any atom is 0.340 e. The fraction of sp³-hybridized carbons (Fsp3) is 0.529. The van der Waals surface area contributed by atoms with Crippen molar-refractivity contribution in [2.24, 2.45) is 16.7 Å². The summed E-state index contributed by atoms with van der Waals surface area (Å²) < 4.78 is 31.2. The molecule has 11 nitrogen and oxygen atoms in total. The predicted molar refractivity (Wildman–Crippen MR) is 158 cm³/mol. The van der Waals surface area contributed by atoms with Gasteiger partial charge >= 0.3 is 23.9 Å². The number of ether oxygens (including phenoxy) is 5. The quantitative estimate of drug-likeness (QED) is 0.267. The molecule has 6 rings (SSSR count). The lowest BCUT2D eigenvalue weighted by Gasteiger charge is -2.70. The van der Waals surface area contributed by atoms with Crippen molar-refractivity contribution in [1.82, 2.24) is 9.97 Å². The van der Waals surface area contributed by atoms with Crippen LogP contribution < -0.4 is 0 Å². The zero-order valence-corrected chi connectivity index (χ0v) is 26.1. The Hall–Kier alpha value is -4.12. The van der Waals surface area contributed by atoms with Crippen molar-refractivity contribution < 1.29 is 42.9 Å². The zero-order valence-electron chi connectivity index (χ0n) is 26.1. The van der Waals surface area contributed by atoms with Crippen molar-refractivity contribution in [2.45, 2.75) is 89.8 Å². The van der Waals surface area contributed by atoms with Gasteiger partial charge in [-0.2, -0.15) is 0 Å². The Labute approximate surface area is 261 Å². The van der Waals surface area contributed by atoms with E-state index in [0.29, 0.717) is 24.8 Å². The molecule has 2 aliphatic heterocycles. The Morgan fingerprint density at radius 1 is 0.911 bits per heavy atom. The second-order valence-electron chi connectivity index (χ2n) is 13.3. The molecule has 0 N–H and O–H groups in total. The van der Waals surface area contributed by atoms with Gasteiger partial charge in [0.15, 0.2) is 12.2 Å². The van der Waals surface area contributed by atoms with Crippen LogP contribution in [0.1, 0.15) is 81.0 Å². The summed E-state index contributed by atoms with van der Waals surface area (Å²) in [6.07, 6.45) is 6.67. The molecule has 45 heavy (non-hydrogen) atoms.